The van der Waals surface area contributed by atoms with E-state index < -0.39 is 0 Å². The summed E-state index contributed by atoms with van der Waals surface area (Å²) in [5.74, 6) is -0.111. The van der Waals surface area contributed by atoms with E-state index in [1.165, 1.54) is 12.1 Å². The summed E-state index contributed by atoms with van der Waals surface area (Å²) in [5.41, 5.74) is 1.39. The Bertz CT molecular complexity index is 701. The average molecular weight is 332 g/mol. The quantitative estimate of drug-likeness (QED) is 0.787. The molecule has 1 saturated heterocycles. The zero-order valence-corrected chi connectivity index (χ0v) is 13.7. The lowest BCUT2D eigenvalue weighted by Crippen LogP contribution is -2.39. The van der Waals surface area contributed by atoms with Crippen LogP contribution in [0, 0.1) is 11.7 Å². The van der Waals surface area contributed by atoms with Gasteiger partial charge in [-0.25, -0.2) is 9.37 Å². The first-order valence-corrected chi connectivity index (χ1v) is 8.25. The third kappa shape index (κ3) is 4.00. The second-order valence-electron chi connectivity index (χ2n) is 5.98. The maximum Gasteiger partial charge on any atom is 0.310 e. The largest absolute Gasteiger partial charge is 0.466 e. The highest BCUT2D eigenvalue weighted by Gasteiger charge is 2.27. The van der Waals surface area contributed by atoms with Crippen molar-refractivity contribution >= 4 is 5.97 Å². The van der Waals surface area contributed by atoms with Gasteiger partial charge in [-0.15, -0.1) is 0 Å². The van der Waals surface area contributed by atoms with Gasteiger partial charge in [0.15, 0.2) is 0 Å². The third-order valence-corrected chi connectivity index (χ3v) is 4.13. The Morgan fingerprint density at radius 2 is 2.38 bits per heavy atom. The standard InChI is InChI=1S/C18H21FN2O3/c1-2-23-18(22)14-6-4-8-21(10-14)11-16-12-24-17(20-16)13-5-3-7-15(19)9-13/h3,5,7,9,12,14H,2,4,6,8,10-11H2,1H3. The van der Waals surface area contributed by atoms with E-state index in [2.05, 4.69) is 9.88 Å². The fourth-order valence-corrected chi connectivity index (χ4v) is 3.01. The summed E-state index contributed by atoms with van der Waals surface area (Å²) >= 11 is 0. The molecule has 2 aromatic rings. The van der Waals surface area contributed by atoms with Crippen LogP contribution >= 0.6 is 0 Å². The van der Waals surface area contributed by atoms with Crippen molar-refractivity contribution in [2.75, 3.05) is 19.7 Å². The highest BCUT2D eigenvalue weighted by atomic mass is 19.1. The molecule has 1 fully saturated rings. The molecular weight excluding hydrogens is 311 g/mol. The summed E-state index contributed by atoms with van der Waals surface area (Å²) in [7, 11) is 0. The molecule has 5 nitrogen and oxygen atoms in total. The lowest BCUT2D eigenvalue weighted by Gasteiger charge is -2.30. The van der Waals surface area contributed by atoms with Crippen LogP contribution in [0.25, 0.3) is 11.5 Å². The van der Waals surface area contributed by atoms with E-state index in [0.29, 0.717) is 31.2 Å². The number of esters is 1. The number of benzene rings is 1. The van der Waals surface area contributed by atoms with Gasteiger partial charge in [-0.1, -0.05) is 6.07 Å². The van der Waals surface area contributed by atoms with Gasteiger partial charge >= 0.3 is 5.97 Å². The number of carbonyl (C=O) groups is 1. The van der Waals surface area contributed by atoms with Crippen molar-refractivity contribution in [2.45, 2.75) is 26.3 Å². The lowest BCUT2D eigenvalue weighted by atomic mass is 9.98. The zero-order valence-electron chi connectivity index (χ0n) is 13.7. The molecule has 0 spiro atoms. The minimum atomic E-state index is -0.319. The monoisotopic (exact) mass is 332 g/mol. The molecule has 0 radical (unpaired) electrons. The molecule has 1 aliphatic heterocycles. The van der Waals surface area contributed by atoms with E-state index in [1.54, 1.807) is 18.4 Å². The molecule has 0 N–H and O–H groups in total. The molecule has 128 valence electrons. The molecular formula is C18H21FN2O3. The number of carbonyl (C=O) groups excluding carboxylic acids is 1. The highest BCUT2D eigenvalue weighted by molar-refractivity contribution is 5.72. The SMILES string of the molecule is CCOC(=O)C1CCCN(Cc2coc(-c3cccc(F)c3)n2)C1. The van der Waals surface area contributed by atoms with Crippen molar-refractivity contribution < 1.29 is 18.3 Å². The van der Waals surface area contributed by atoms with Crippen LogP contribution in [0.1, 0.15) is 25.5 Å². The van der Waals surface area contributed by atoms with Gasteiger partial charge in [0.05, 0.1) is 18.2 Å². The van der Waals surface area contributed by atoms with Crippen LogP contribution in [0.4, 0.5) is 4.39 Å². The van der Waals surface area contributed by atoms with Crippen molar-refractivity contribution in [2.24, 2.45) is 5.92 Å². The summed E-state index contributed by atoms with van der Waals surface area (Å²) in [6.07, 6.45) is 3.41. The minimum Gasteiger partial charge on any atom is -0.466 e. The van der Waals surface area contributed by atoms with Gasteiger partial charge < -0.3 is 9.15 Å². The molecule has 0 amide bonds. The topological polar surface area (TPSA) is 55.6 Å². The third-order valence-electron chi connectivity index (χ3n) is 4.13. The molecule has 1 unspecified atom stereocenters. The molecule has 3 rings (SSSR count). The molecule has 1 aliphatic rings. The van der Waals surface area contributed by atoms with Gasteiger partial charge in [0.25, 0.3) is 0 Å². The van der Waals surface area contributed by atoms with E-state index in [0.717, 1.165) is 25.1 Å². The molecule has 0 bridgehead atoms. The maximum atomic E-state index is 13.3. The first-order chi connectivity index (χ1) is 11.7. The second-order valence-corrected chi connectivity index (χ2v) is 5.98. The van der Waals surface area contributed by atoms with Crippen LogP contribution in [0.15, 0.2) is 34.9 Å². The lowest BCUT2D eigenvalue weighted by molar-refractivity contribution is -0.150. The maximum absolute atomic E-state index is 13.3. The number of halogens is 1. The van der Waals surface area contributed by atoms with Gasteiger partial charge in [0.1, 0.15) is 12.1 Å². The van der Waals surface area contributed by atoms with Gasteiger partial charge in [0.2, 0.25) is 5.89 Å². The van der Waals surface area contributed by atoms with Crippen molar-refractivity contribution in [3.8, 4) is 11.5 Å². The van der Waals surface area contributed by atoms with Crippen LogP contribution in [-0.4, -0.2) is 35.5 Å². The fourth-order valence-electron chi connectivity index (χ4n) is 3.01. The number of rotatable bonds is 5. The Balaban J connectivity index is 1.63. The summed E-state index contributed by atoms with van der Waals surface area (Å²) < 4.78 is 23.9. The van der Waals surface area contributed by atoms with Crippen LogP contribution in [0.2, 0.25) is 0 Å². The molecule has 24 heavy (non-hydrogen) atoms. The van der Waals surface area contributed by atoms with Crippen LogP contribution in [0.3, 0.4) is 0 Å². The molecule has 1 atom stereocenters. The van der Waals surface area contributed by atoms with E-state index in [-0.39, 0.29) is 17.7 Å². The fraction of sp³-hybridized carbons (Fsp3) is 0.444. The predicted molar refractivity (Wildman–Crippen MR) is 86.5 cm³/mol. The molecule has 0 aliphatic carbocycles. The number of ether oxygens (including phenoxy) is 1. The van der Waals surface area contributed by atoms with E-state index in [1.807, 2.05) is 6.92 Å². The number of aromatic nitrogens is 1. The van der Waals surface area contributed by atoms with Crippen molar-refractivity contribution in [3.05, 3.63) is 42.0 Å². The van der Waals surface area contributed by atoms with Crippen LogP contribution < -0.4 is 0 Å². The smallest absolute Gasteiger partial charge is 0.310 e. The first kappa shape index (κ1) is 16.6. The zero-order chi connectivity index (χ0) is 16.9. The highest BCUT2D eigenvalue weighted by Crippen LogP contribution is 2.22. The van der Waals surface area contributed by atoms with Crippen LogP contribution in [-0.2, 0) is 16.1 Å². The molecule has 1 aromatic carbocycles. The number of piperidine rings is 1. The van der Waals surface area contributed by atoms with E-state index in [4.69, 9.17) is 9.15 Å². The Morgan fingerprint density at radius 3 is 3.17 bits per heavy atom. The van der Waals surface area contributed by atoms with Crippen molar-refractivity contribution in [1.29, 1.82) is 0 Å². The summed E-state index contributed by atoms with van der Waals surface area (Å²) in [6, 6.07) is 6.17. The Kier molecular flexibility index (Phi) is 5.25. The number of nitrogens with zero attached hydrogens (tertiary/aromatic N) is 2. The first-order valence-electron chi connectivity index (χ1n) is 8.25. The van der Waals surface area contributed by atoms with E-state index in [9.17, 15) is 9.18 Å². The molecule has 2 heterocycles. The average Bonchev–Trinajstić information content (AvgIpc) is 3.04. The van der Waals surface area contributed by atoms with Gasteiger partial charge in [0, 0.05) is 18.7 Å². The summed E-state index contributed by atoms with van der Waals surface area (Å²) in [5, 5.41) is 0. The van der Waals surface area contributed by atoms with Crippen molar-refractivity contribution in [3.63, 3.8) is 0 Å². The minimum absolute atomic E-state index is 0.0757. The number of hydrogen-bond donors (Lipinski definition) is 0. The number of hydrogen-bond acceptors (Lipinski definition) is 5. The summed E-state index contributed by atoms with van der Waals surface area (Å²) in [4.78, 5) is 18.5. The Hall–Kier alpha value is -2.21. The number of likely N-dealkylation sites (tertiary alicyclic amines) is 1. The van der Waals surface area contributed by atoms with Gasteiger partial charge in [-0.3, -0.25) is 9.69 Å². The molecule has 1 aromatic heterocycles. The van der Waals surface area contributed by atoms with Crippen molar-refractivity contribution in [1.82, 2.24) is 9.88 Å². The van der Waals surface area contributed by atoms with Crippen LogP contribution in [0.5, 0.6) is 0 Å². The Morgan fingerprint density at radius 1 is 1.50 bits per heavy atom. The summed E-state index contributed by atoms with van der Waals surface area (Å²) in [6.45, 7) is 4.42. The normalized spacial score (nSPS) is 18.5. The predicted octanol–water partition coefficient (Wildman–Crippen LogP) is 3.26. The van der Waals surface area contributed by atoms with Gasteiger partial charge in [-0.2, -0.15) is 0 Å². The number of oxazole rings is 1. The molecule has 0 saturated carbocycles. The second kappa shape index (κ2) is 7.57. The Labute approximate surface area is 140 Å². The molecule has 6 heteroatoms. The van der Waals surface area contributed by atoms with Gasteiger partial charge in [-0.05, 0) is 44.5 Å². The van der Waals surface area contributed by atoms with E-state index >= 15 is 0 Å².